The van der Waals surface area contributed by atoms with Crippen LogP contribution in [0.15, 0.2) is 18.2 Å². The average Bonchev–Trinajstić information content (AvgIpc) is 2.15. The first-order valence-corrected chi connectivity index (χ1v) is 4.62. The Kier molecular flexibility index (Phi) is 3.64. The zero-order valence-corrected chi connectivity index (χ0v) is 8.92. The maximum atomic E-state index is 10.8. The lowest BCUT2D eigenvalue weighted by Crippen LogP contribution is -2.22. The Bertz CT molecular complexity index is 486. The Balaban J connectivity index is 3.45. The Morgan fingerprint density at radius 2 is 1.82 bits per heavy atom. The molecule has 7 nitrogen and oxygen atoms in total. The van der Waals surface area contributed by atoms with Gasteiger partial charge in [0.05, 0.1) is 10.5 Å². The topological polar surface area (TPSA) is 118 Å². The molecule has 0 aliphatic heterocycles. The molecule has 0 aliphatic carbocycles. The van der Waals surface area contributed by atoms with E-state index in [1.807, 2.05) is 0 Å². The first-order chi connectivity index (χ1) is 7.84. The quantitative estimate of drug-likeness (QED) is 0.480. The Labute approximate surface area is 99.4 Å². The first kappa shape index (κ1) is 12.9. The van der Waals surface area contributed by atoms with Gasteiger partial charge in [-0.15, -0.1) is 0 Å². The average molecular weight is 260 g/mol. The molecule has 8 heteroatoms. The smallest absolute Gasteiger partial charge is 0.322 e. The number of carboxylic acids is 2. The molecule has 90 valence electrons. The van der Waals surface area contributed by atoms with Gasteiger partial charge in [-0.05, 0) is 12.1 Å². The van der Waals surface area contributed by atoms with Gasteiger partial charge in [-0.2, -0.15) is 0 Å². The summed E-state index contributed by atoms with van der Waals surface area (Å²) in [4.78, 5) is 31.4. The number of rotatable bonds is 4. The molecule has 0 fully saturated rings. The Morgan fingerprint density at radius 1 is 1.29 bits per heavy atom. The number of benzene rings is 1. The summed E-state index contributed by atoms with van der Waals surface area (Å²) in [7, 11) is 0. The molecule has 0 radical (unpaired) electrons. The summed E-state index contributed by atoms with van der Waals surface area (Å²) < 4.78 is 0. The minimum Gasteiger partial charge on any atom is -0.480 e. The van der Waals surface area contributed by atoms with Crippen LogP contribution >= 0.6 is 11.6 Å². The van der Waals surface area contributed by atoms with Gasteiger partial charge in [-0.25, -0.2) is 0 Å². The van der Waals surface area contributed by atoms with Crippen LogP contribution in [0.4, 0.5) is 5.69 Å². The molecule has 0 saturated carbocycles. The molecule has 0 heterocycles. The van der Waals surface area contributed by atoms with Crippen molar-refractivity contribution in [2.24, 2.45) is 0 Å². The summed E-state index contributed by atoms with van der Waals surface area (Å²) in [5.41, 5.74) is -1.05. The van der Waals surface area contributed by atoms with Gasteiger partial charge in [-0.3, -0.25) is 19.7 Å². The number of hydrogen-bond donors (Lipinski definition) is 2. The number of carboxylic acid groups (broad SMARTS) is 2. The van der Waals surface area contributed by atoms with Crippen molar-refractivity contribution < 1.29 is 24.7 Å². The van der Waals surface area contributed by atoms with Gasteiger partial charge in [0, 0.05) is 11.1 Å². The van der Waals surface area contributed by atoms with Crippen molar-refractivity contribution in [1.82, 2.24) is 0 Å². The van der Waals surface area contributed by atoms with Crippen molar-refractivity contribution in [3.63, 3.8) is 0 Å². The Hall–Kier alpha value is -2.15. The molecule has 0 aliphatic rings. The highest BCUT2D eigenvalue weighted by atomic mass is 35.5. The van der Waals surface area contributed by atoms with Crippen molar-refractivity contribution >= 4 is 29.2 Å². The van der Waals surface area contributed by atoms with E-state index in [1.54, 1.807) is 0 Å². The van der Waals surface area contributed by atoms with E-state index in [0.717, 1.165) is 12.1 Å². The van der Waals surface area contributed by atoms with E-state index >= 15 is 0 Å². The molecular formula is C9H6ClNO6. The molecule has 1 rings (SSSR count). The van der Waals surface area contributed by atoms with E-state index in [1.165, 1.54) is 6.07 Å². The molecular weight excluding hydrogens is 254 g/mol. The first-order valence-electron chi connectivity index (χ1n) is 4.24. The molecule has 17 heavy (non-hydrogen) atoms. The summed E-state index contributed by atoms with van der Waals surface area (Å²) in [6.07, 6.45) is 0. The summed E-state index contributed by atoms with van der Waals surface area (Å²) in [6.45, 7) is 0. The zero-order valence-electron chi connectivity index (χ0n) is 8.16. The van der Waals surface area contributed by atoms with Crippen LogP contribution in [0.3, 0.4) is 0 Å². The van der Waals surface area contributed by atoms with Crippen LogP contribution in [0.1, 0.15) is 11.5 Å². The summed E-state index contributed by atoms with van der Waals surface area (Å²) in [5.74, 6) is -5.40. The minimum absolute atomic E-state index is 0.0260. The molecule has 0 unspecified atom stereocenters. The summed E-state index contributed by atoms with van der Waals surface area (Å²) >= 11 is 5.57. The number of nitro benzene ring substituents is 1. The molecule has 2 N–H and O–H groups in total. The second-order valence-electron chi connectivity index (χ2n) is 3.07. The van der Waals surface area contributed by atoms with Gasteiger partial charge in [0.1, 0.15) is 0 Å². The molecule has 0 bridgehead atoms. The van der Waals surface area contributed by atoms with Crippen LogP contribution in [0.2, 0.25) is 5.02 Å². The largest absolute Gasteiger partial charge is 0.480 e. The van der Waals surface area contributed by atoms with Gasteiger partial charge in [0.2, 0.25) is 0 Å². The number of hydrogen-bond acceptors (Lipinski definition) is 4. The number of aliphatic carboxylic acids is 2. The number of nitro groups is 1. The molecule has 1 aromatic rings. The third kappa shape index (κ3) is 2.70. The fraction of sp³-hybridized carbons (Fsp3) is 0.111. The van der Waals surface area contributed by atoms with Crippen LogP contribution in [0, 0.1) is 10.1 Å². The van der Waals surface area contributed by atoms with Crippen molar-refractivity contribution in [2.75, 3.05) is 0 Å². The fourth-order valence-corrected chi connectivity index (χ4v) is 1.48. The van der Waals surface area contributed by atoms with Crippen LogP contribution in [-0.2, 0) is 9.59 Å². The molecule has 1 aromatic carbocycles. The van der Waals surface area contributed by atoms with Crippen LogP contribution < -0.4 is 0 Å². The Morgan fingerprint density at radius 3 is 2.24 bits per heavy atom. The van der Waals surface area contributed by atoms with Crippen LogP contribution in [0.25, 0.3) is 0 Å². The standard InChI is InChI=1S/C9H6ClNO6/c10-4-1-2-6(11(16)17)5(3-4)7(8(12)13)9(14)15/h1-3,7H,(H,12,13)(H,14,15). The zero-order chi connectivity index (χ0) is 13.2. The lowest BCUT2D eigenvalue weighted by Gasteiger charge is -2.08. The van der Waals surface area contributed by atoms with Gasteiger partial charge in [0.25, 0.3) is 5.69 Å². The summed E-state index contributed by atoms with van der Waals surface area (Å²) in [5, 5.41) is 28.2. The van der Waals surface area contributed by atoms with Crippen molar-refractivity contribution in [3.8, 4) is 0 Å². The highest BCUT2D eigenvalue weighted by molar-refractivity contribution is 6.30. The lowest BCUT2D eigenvalue weighted by atomic mass is 9.98. The van der Waals surface area contributed by atoms with E-state index in [4.69, 9.17) is 21.8 Å². The summed E-state index contributed by atoms with van der Waals surface area (Å²) in [6, 6.07) is 3.12. The van der Waals surface area contributed by atoms with Gasteiger partial charge in [0.15, 0.2) is 5.92 Å². The van der Waals surface area contributed by atoms with E-state index in [0.29, 0.717) is 0 Å². The SMILES string of the molecule is O=C(O)C(C(=O)O)c1cc(Cl)ccc1[N+](=O)[O-]. The molecule has 0 amide bonds. The third-order valence-electron chi connectivity index (χ3n) is 1.99. The van der Waals surface area contributed by atoms with Crippen molar-refractivity contribution in [3.05, 3.63) is 38.9 Å². The highest BCUT2D eigenvalue weighted by Crippen LogP contribution is 2.30. The van der Waals surface area contributed by atoms with Crippen molar-refractivity contribution in [2.45, 2.75) is 5.92 Å². The van der Waals surface area contributed by atoms with E-state index < -0.39 is 34.0 Å². The molecule has 0 saturated heterocycles. The van der Waals surface area contributed by atoms with Gasteiger partial charge >= 0.3 is 11.9 Å². The normalized spacial score (nSPS) is 10.2. The molecule has 0 atom stereocenters. The molecule has 0 aromatic heterocycles. The predicted molar refractivity (Wildman–Crippen MR) is 56.1 cm³/mol. The monoisotopic (exact) mass is 259 g/mol. The fourth-order valence-electron chi connectivity index (χ4n) is 1.29. The minimum atomic E-state index is -2.02. The number of carbonyl (C=O) groups is 2. The predicted octanol–water partition coefficient (Wildman–Crippen LogP) is 1.50. The van der Waals surface area contributed by atoms with E-state index in [9.17, 15) is 19.7 Å². The van der Waals surface area contributed by atoms with Gasteiger partial charge < -0.3 is 10.2 Å². The van der Waals surface area contributed by atoms with Crippen LogP contribution in [-0.4, -0.2) is 27.1 Å². The van der Waals surface area contributed by atoms with E-state index in [2.05, 4.69) is 0 Å². The number of halogens is 1. The van der Waals surface area contributed by atoms with Gasteiger partial charge in [-0.1, -0.05) is 11.6 Å². The second kappa shape index (κ2) is 4.79. The van der Waals surface area contributed by atoms with Crippen LogP contribution in [0.5, 0.6) is 0 Å². The highest BCUT2D eigenvalue weighted by Gasteiger charge is 2.34. The van der Waals surface area contributed by atoms with E-state index in [-0.39, 0.29) is 5.02 Å². The number of nitrogens with zero attached hydrogens (tertiary/aromatic N) is 1. The maximum Gasteiger partial charge on any atom is 0.322 e. The third-order valence-corrected chi connectivity index (χ3v) is 2.23. The maximum absolute atomic E-state index is 10.8. The second-order valence-corrected chi connectivity index (χ2v) is 3.51. The van der Waals surface area contributed by atoms with Crippen molar-refractivity contribution in [1.29, 1.82) is 0 Å². The molecule has 0 spiro atoms. The lowest BCUT2D eigenvalue weighted by molar-refractivity contribution is -0.385.